The monoisotopic (exact) mass is 503 g/mol. The number of anilines is 1. The maximum Gasteiger partial charge on any atom is 0.191 e. The van der Waals surface area contributed by atoms with Crippen LogP contribution in [0.2, 0.25) is 0 Å². The van der Waals surface area contributed by atoms with E-state index in [1.165, 1.54) is 5.56 Å². The van der Waals surface area contributed by atoms with Crippen LogP contribution in [0, 0.1) is 6.92 Å². The van der Waals surface area contributed by atoms with Gasteiger partial charge >= 0.3 is 0 Å². The van der Waals surface area contributed by atoms with Crippen LogP contribution in [0.1, 0.15) is 30.2 Å². The highest BCUT2D eigenvalue weighted by Crippen LogP contribution is 2.20. The minimum atomic E-state index is 0. The Bertz CT molecular complexity index is 733. The molecule has 0 amide bonds. The summed E-state index contributed by atoms with van der Waals surface area (Å²) in [5, 5.41) is 9.72. The molecule has 1 aromatic carbocycles. The molecule has 150 valence electrons. The number of thiazole rings is 1. The lowest BCUT2D eigenvalue weighted by molar-refractivity contribution is 0.313. The van der Waals surface area contributed by atoms with Crippen molar-refractivity contribution >= 4 is 46.4 Å². The van der Waals surface area contributed by atoms with E-state index in [-0.39, 0.29) is 24.0 Å². The van der Waals surface area contributed by atoms with E-state index < -0.39 is 0 Å². The van der Waals surface area contributed by atoms with Crippen LogP contribution >= 0.6 is 35.3 Å². The first kappa shape index (κ1) is 23.5. The number of aryl methyl sites for hydroxylation is 1. The second-order valence-corrected chi connectivity index (χ2v) is 7.09. The lowest BCUT2D eigenvalue weighted by Gasteiger charge is -2.15. The third-order valence-corrected chi connectivity index (χ3v) is 4.77. The Labute approximate surface area is 183 Å². The first-order valence-electron chi connectivity index (χ1n) is 8.82. The summed E-state index contributed by atoms with van der Waals surface area (Å²) in [6, 6.07) is 6.29. The highest BCUT2D eigenvalue weighted by molar-refractivity contribution is 14.0. The van der Waals surface area contributed by atoms with Gasteiger partial charge in [0.1, 0.15) is 5.75 Å². The molecule has 0 fully saturated rings. The summed E-state index contributed by atoms with van der Waals surface area (Å²) in [5.41, 5.74) is 3.32. The fourth-order valence-electron chi connectivity index (χ4n) is 2.31. The minimum Gasteiger partial charge on any atom is -0.493 e. The molecule has 0 unspecified atom stereocenters. The summed E-state index contributed by atoms with van der Waals surface area (Å²) in [6.07, 6.45) is 0.993. The first-order chi connectivity index (χ1) is 12.5. The second kappa shape index (κ2) is 12.0. The van der Waals surface area contributed by atoms with Crippen LogP contribution in [0.25, 0.3) is 0 Å². The fraction of sp³-hybridized carbons (Fsp3) is 0.474. The summed E-state index contributed by atoms with van der Waals surface area (Å²) < 4.78 is 5.87. The van der Waals surface area contributed by atoms with Gasteiger partial charge in [-0.3, -0.25) is 4.99 Å². The Kier molecular flexibility index (Phi) is 10.5. The number of benzene rings is 1. The van der Waals surface area contributed by atoms with Crippen LogP contribution in [0.3, 0.4) is 0 Å². The van der Waals surface area contributed by atoms with E-state index in [4.69, 9.17) is 4.74 Å². The summed E-state index contributed by atoms with van der Waals surface area (Å²) in [7, 11) is 5.76. The molecule has 2 rings (SSSR count). The normalized spacial score (nSPS) is 10.9. The van der Waals surface area contributed by atoms with Crippen LogP contribution in [-0.4, -0.2) is 38.7 Å². The molecule has 0 radical (unpaired) electrons. The number of guanidine groups is 1. The molecule has 0 aliphatic heterocycles. The van der Waals surface area contributed by atoms with E-state index in [0.29, 0.717) is 13.1 Å². The van der Waals surface area contributed by atoms with E-state index in [2.05, 4.69) is 58.0 Å². The van der Waals surface area contributed by atoms with Gasteiger partial charge in [-0.15, -0.1) is 35.3 Å². The van der Waals surface area contributed by atoms with Gasteiger partial charge in [-0.25, -0.2) is 4.98 Å². The number of aromatic nitrogens is 1. The van der Waals surface area contributed by atoms with Gasteiger partial charge in [-0.1, -0.05) is 19.1 Å². The SMILES string of the molecule is CCCOc1cc(C)ccc1CNC(=NC)NCc1csc(N(C)C)n1.I. The number of ether oxygens (including phenoxy) is 1. The van der Waals surface area contributed by atoms with Crippen LogP contribution in [0.15, 0.2) is 28.6 Å². The standard InChI is InChI=1S/C19H29N5OS.HI/c1-6-9-25-17-10-14(2)7-8-15(17)11-21-18(20-3)22-12-16-13-26-19(23-16)24(4)5;/h7-8,10,13H,6,9,11-12H2,1-5H3,(H2,20,21,22);1H. The van der Waals surface area contributed by atoms with E-state index in [1.54, 1.807) is 18.4 Å². The molecule has 1 heterocycles. The third kappa shape index (κ3) is 7.53. The fourth-order valence-corrected chi connectivity index (χ4v) is 3.07. The zero-order valence-electron chi connectivity index (χ0n) is 16.7. The summed E-state index contributed by atoms with van der Waals surface area (Å²) in [4.78, 5) is 10.9. The predicted molar refractivity (Wildman–Crippen MR) is 126 cm³/mol. The summed E-state index contributed by atoms with van der Waals surface area (Å²) >= 11 is 1.64. The van der Waals surface area contributed by atoms with Crippen molar-refractivity contribution in [2.75, 3.05) is 32.6 Å². The Balaban J connectivity index is 0.00000364. The maximum absolute atomic E-state index is 5.87. The van der Waals surface area contributed by atoms with E-state index in [0.717, 1.165) is 41.1 Å². The topological polar surface area (TPSA) is 61.8 Å². The zero-order valence-corrected chi connectivity index (χ0v) is 19.9. The van der Waals surface area contributed by atoms with Crippen LogP contribution in [0.5, 0.6) is 5.75 Å². The minimum absolute atomic E-state index is 0. The highest BCUT2D eigenvalue weighted by atomic mass is 127. The molecule has 1 aromatic heterocycles. The number of aliphatic imine (C=N–C) groups is 1. The van der Waals surface area contributed by atoms with Gasteiger partial charge in [-0.2, -0.15) is 0 Å². The third-order valence-electron chi connectivity index (χ3n) is 3.71. The van der Waals surface area contributed by atoms with Gasteiger partial charge < -0.3 is 20.3 Å². The Morgan fingerprint density at radius 2 is 2.00 bits per heavy atom. The summed E-state index contributed by atoms with van der Waals surface area (Å²) in [5.74, 6) is 1.68. The molecular formula is C19H30IN5OS. The Morgan fingerprint density at radius 1 is 1.26 bits per heavy atom. The van der Waals surface area contributed by atoms with Crippen molar-refractivity contribution < 1.29 is 4.74 Å². The number of hydrogen-bond acceptors (Lipinski definition) is 5. The predicted octanol–water partition coefficient (Wildman–Crippen LogP) is 3.79. The van der Waals surface area contributed by atoms with Crippen LogP contribution < -0.4 is 20.3 Å². The highest BCUT2D eigenvalue weighted by Gasteiger charge is 2.07. The average Bonchev–Trinajstić information content (AvgIpc) is 3.10. The largest absolute Gasteiger partial charge is 0.493 e. The molecule has 2 aromatic rings. The molecule has 27 heavy (non-hydrogen) atoms. The van der Waals surface area contributed by atoms with Crippen molar-refractivity contribution in [1.29, 1.82) is 0 Å². The number of nitrogens with zero attached hydrogens (tertiary/aromatic N) is 3. The second-order valence-electron chi connectivity index (χ2n) is 6.25. The van der Waals surface area contributed by atoms with E-state index >= 15 is 0 Å². The molecular weight excluding hydrogens is 473 g/mol. The van der Waals surface area contributed by atoms with Gasteiger partial charge in [0.2, 0.25) is 0 Å². The van der Waals surface area contributed by atoms with Crippen LogP contribution in [-0.2, 0) is 13.1 Å². The number of halogens is 1. The zero-order chi connectivity index (χ0) is 18.9. The van der Waals surface area contributed by atoms with Gasteiger partial charge in [0.05, 0.1) is 18.8 Å². The first-order valence-corrected chi connectivity index (χ1v) is 9.70. The molecule has 8 heteroatoms. The molecule has 6 nitrogen and oxygen atoms in total. The van der Waals surface area contributed by atoms with Gasteiger partial charge in [-0.05, 0) is 25.0 Å². The quantitative estimate of drug-likeness (QED) is 0.326. The Morgan fingerprint density at radius 3 is 2.63 bits per heavy atom. The molecule has 0 spiro atoms. The molecule has 0 atom stereocenters. The average molecular weight is 503 g/mol. The number of nitrogens with one attached hydrogen (secondary N) is 2. The van der Waals surface area contributed by atoms with Crippen LogP contribution in [0.4, 0.5) is 5.13 Å². The van der Waals surface area contributed by atoms with Gasteiger partial charge in [0.25, 0.3) is 0 Å². The van der Waals surface area contributed by atoms with Crippen molar-refractivity contribution in [2.45, 2.75) is 33.4 Å². The number of hydrogen-bond donors (Lipinski definition) is 2. The van der Waals surface area contributed by atoms with Crippen molar-refractivity contribution in [3.63, 3.8) is 0 Å². The lowest BCUT2D eigenvalue weighted by Crippen LogP contribution is -2.36. The smallest absolute Gasteiger partial charge is 0.191 e. The Hall–Kier alpha value is -1.55. The summed E-state index contributed by atoms with van der Waals surface area (Å²) in [6.45, 7) is 6.20. The maximum atomic E-state index is 5.87. The van der Waals surface area contributed by atoms with Crippen molar-refractivity contribution in [2.24, 2.45) is 4.99 Å². The molecule has 0 aliphatic carbocycles. The molecule has 0 saturated carbocycles. The molecule has 2 N–H and O–H groups in total. The van der Waals surface area contributed by atoms with Crippen molar-refractivity contribution in [3.05, 3.63) is 40.4 Å². The van der Waals surface area contributed by atoms with Crippen molar-refractivity contribution in [3.8, 4) is 5.75 Å². The van der Waals surface area contributed by atoms with Gasteiger partial charge in [0, 0.05) is 38.6 Å². The lowest BCUT2D eigenvalue weighted by atomic mass is 10.1. The number of rotatable bonds is 8. The molecule has 0 saturated heterocycles. The van der Waals surface area contributed by atoms with E-state index in [1.807, 2.05) is 19.0 Å². The molecule has 0 bridgehead atoms. The van der Waals surface area contributed by atoms with Crippen molar-refractivity contribution in [1.82, 2.24) is 15.6 Å². The van der Waals surface area contributed by atoms with E-state index in [9.17, 15) is 0 Å². The molecule has 0 aliphatic rings. The van der Waals surface area contributed by atoms with Gasteiger partial charge in [0.15, 0.2) is 11.1 Å².